The number of hydrogen-bond acceptors (Lipinski definition) is 1. The van der Waals surface area contributed by atoms with E-state index in [1.807, 2.05) is 24.3 Å². The van der Waals surface area contributed by atoms with E-state index in [9.17, 15) is 0 Å². The molecule has 9 aromatic rings. The lowest BCUT2D eigenvalue weighted by atomic mass is 9.59. The SMILES string of the molecule is [B]c1c([B])c([B])c(-c2ccc(-c3ccc4c5ccc6ccccc6c5c5nc6ccccc6n5c4c3)c3ccccc23)c([B])c1[B]. The summed E-state index contributed by atoms with van der Waals surface area (Å²) in [6, 6.07) is 40.3. The Morgan fingerprint density at radius 3 is 1.85 bits per heavy atom. The molecule has 7 aromatic carbocycles. The van der Waals surface area contributed by atoms with Crippen molar-refractivity contribution >= 4 is 126 Å². The van der Waals surface area contributed by atoms with E-state index in [4.69, 9.17) is 44.2 Å². The van der Waals surface area contributed by atoms with Gasteiger partial charge in [0.2, 0.25) is 0 Å². The molecule has 9 rings (SSSR count). The van der Waals surface area contributed by atoms with Gasteiger partial charge in [0, 0.05) is 10.8 Å². The average molecular weight is 570 g/mol. The third-order valence-electron chi connectivity index (χ3n) is 9.45. The largest absolute Gasteiger partial charge is 0.292 e. The fraction of sp³-hybridized carbons (Fsp3) is 0. The lowest BCUT2D eigenvalue weighted by Crippen LogP contribution is -2.55. The molecule has 2 heterocycles. The van der Waals surface area contributed by atoms with E-state index in [1.54, 1.807) is 0 Å². The van der Waals surface area contributed by atoms with E-state index in [0.717, 1.165) is 60.4 Å². The second-order valence-electron chi connectivity index (χ2n) is 11.9. The molecule has 0 bridgehead atoms. The van der Waals surface area contributed by atoms with Gasteiger partial charge in [-0.15, -0.1) is 16.4 Å². The Kier molecular flexibility index (Phi) is 5.87. The average Bonchev–Trinajstić information content (AvgIpc) is 3.49. The minimum atomic E-state index is 0.203. The zero-order chi connectivity index (χ0) is 31.3. The van der Waals surface area contributed by atoms with Gasteiger partial charge in [0.15, 0.2) is 0 Å². The summed E-state index contributed by atoms with van der Waals surface area (Å²) in [6.07, 6.45) is 0. The number of nitrogens with zero attached hydrogens (tertiary/aromatic N) is 2. The number of fused-ring (bicyclic) bond motifs is 11. The lowest BCUT2D eigenvalue weighted by Gasteiger charge is -2.23. The quantitative estimate of drug-likeness (QED) is 0.223. The molecule has 0 spiro atoms. The van der Waals surface area contributed by atoms with Gasteiger partial charge in [0.25, 0.3) is 0 Å². The van der Waals surface area contributed by atoms with E-state index in [0.29, 0.717) is 16.5 Å². The Balaban J connectivity index is 1.37. The van der Waals surface area contributed by atoms with Crippen molar-refractivity contribution in [3.05, 3.63) is 115 Å². The minimum Gasteiger partial charge on any atom is -0.292 e. The minimum absolute atomic E-state index is 0.203. The van der Waals surface area contributed by atoms with Crippen LogP contribution in [0.2, 0.25) is 0 Å². The van der Waals surface area contributed by atoms with Crippen LogP contribution < -0.4 is 27.3 Å². The standard InChI is InChI=1S/C39H19B5N2/c40-34-33(35(41)37(43)38(44)36(34)42)27-18-17-22(24-9-3-4-10-25(24)27)21-14-15-26-28-16-13-20-7-1-2-8-23(20)32(28)39-45-29-11-5-6-12-30(29)46(39)31(26)19-21/h1-19H. The number of para-hydroxylation sites is 2. The summed E-state index contributed by atoms with van der Waals surface area (Å²) in [5.74, 6) is 0. The predicted molar refractivity (Wildman–Crippen MR) is 201 cm³/mol. The molecule has 0 fully saturated rings. The molecule has 200 valence electrons. The van der Waals surface area contributed by atoms with Crippen molar-refractivity contribution in [2.75, 3.05) is 0 Å². The van der Waals surface area contributed by atoms with Crippen molar-refractivity contribution in [3.8, 4) is 22.3 Å². The second-order valence-corrected chi connectivity index (χ2v) is 11.9. The molecule has 2 nitrogen and oxygen atoms in total. The fourth-order valence-electron chi connectivity index (χ4n) is 7.20. The Labute approximate surface area is 272 Å². The molecule has 0 N–H and O–H groups in total. The van der Waals surface area contributed by atoms with Gasteiger partial charge in [-0.25, -0.2) is 4.98 Å². The summed E-state index contributed by atoms with van der Waals surface area (Å²) < 4.78 is 2.31. The van der Waals surface area contributed by atoms with Gasteiger partial charge in [-0.1, -0.05) is 108 Å². The summed E-state index contributed by atoms with van der Waals surface area (Å²) in [6.45, 7) is 0. The summed E-state index contributed by atoms with van der Waals surface area (Å²) in [5.41, 5.74) is 8.97. The summed E-state index contributed by atoms with van der Waals surface area (Å²) in [7, 11) is 31.6. The van der Waals surface area contributed by atoms with E-state index in [1.165, 1.54) is 16.2 Å². The van der Waals surface area contributed by atoms with Gasteiger partial charge >= 0.3 is 0 Å². The number of pyridine rings is 1. The first-order valence-electron chi connectivity index (χ1n) is 15.1. The first-order chi connectivity index (χ1) is 22.4. The molecule has 46 heavy (non-hydrogen) atoms. The maximum Gasteiger partial charge on any atom is 0.147 e. The predicted octanol–water partition coefficient (Wildman–Crippen LogP) is 4.40. The van der Waals surface area contributed by atoms with Crippen molar-refractivity contribution in [2.24, 2.45) is 0 Å². The fourth-order valence-corrected chi connectivity index (χ4v) is 7.20. The molecule has 0 aliphatic carbocycles. The highest BCUT2D eigenvalue weighted by atomic mass is 15.0. The van der Waals surface area contributed by atoms with Crippen LogP contribution in [0.5, 0.6) is 0 Å². The number of aromatic nitrogens is 2. The van der Waals surface area contributed by atoms with Crippen LogP contribution in [0, 0.1) is 0 Å². The zero-order valence-corrected chi connectivity index (χ0v) is 24.8. The topological polar surface area (TPSA) is 17.3 Å². The Morgan fingerprint density at radius 1 is 0.457 bits per heavy atom. The van der Waals surface area contributed by atoms with Gasteiger partial charge in [-0.05, 0) is 67.4 Å². The summed E-state index contributed by atoms with van der Waals surface area (Å²) >= 11 is 0. The third kappa shape index (κ3) is 3.69. The number of benzene rings is 7. The van der Waals surface area contributed by atoms with E-state index in [-0.39, 0.29) is 16.4 Å². The van der Waals surface area contributed by atoms with Crippen LogP contribution >= 0.6 is 0 Å². The molecule has 10 radical (unpaired) electrons. The van der Waals surface area contributed by atoms with E-state index < -0.39 is 0 Å². The second kappa shape index (κ2) is 9.93. The Hall–Kier alpha value is -5.15. The smallest absolute Gasteiger partial charge is 0.147 e. The molecule has 0 atom stereocenters. The van der Waals surface area contributed by atoms with Crippen molar-refractivity contribution in [1.82, 2.24) is 9.38 Å². The van der Waals surface area contributed by atoms with Crippen LogP contribution in [0.4, 0.5) is 0 Å². The van der Waals surface area contributed by atoms with Crippen LogP contribution in [0.1, 0.15) is 0 Å². The number of imidazole rings is 1. The Bertz CT molecular complexity index is 2740. The van der Waals surface area contributed by atoms with Gasteiger partial charge in [-0.3, -0.25) is 4.40 Å². The molecular weight excluding hydrogens is 551 g/mol. The molecule has 0 saturated heterocycles. The maximum atomic E-state index is 6.51. The molecule has 0 aliphatic rings. The van der Waals surface area contributed by atoms with Crippen LogP contribution in [0.25, 0.3) is 82.2 Å². The molecule has 2 aromatic heterocycles. The van der Waals surface area contributed by atoms with Gasteiger partial charge < -0.3 is 0 Å². The van der Waals surface area contributed by atoms with Gasteiger partial charge in [0.1, 0.15) is 44.9 Å². The molecule has 7 heteroatoms. The van der Waals surface area contributed by atoms with Gasteiger partial charge in [0.05, 0.1) is 16.6 Å². The molecule has 0 saturated carbocycles. The first kappa shape index (κ1) is 27.2. The normalized spacial score (nSPS) is 11.9. The van der Waals surface area contributed by atoms with E-state index in [2.05, 4.69) is 95.4 Å². The number of hydrogen-bond donors (Lipinski definition) is 0. The molecular formula is C39H19B5N2. The Morgan fingerprint density at radius 2 is 1.07 bits per heavy atom. The molecule has 0 unspecified atom stereocenters. The van der Waals surface area contributed by atoms with Crippen LogP contribution in [0.15, 0.2) is 115 Å². The highest BCUT2D eigenvalue weighted by Gasteiger charge is 2.19. The van der Waals surface area contributed by atoms with Crippen LogP contribution in [0.3, 0.4) is 0 Å². The summed E-state index contributed by atoms with van der Waals surface area (Å²) in [4.78, 5) is 5.19. The number of rotatable bonds is 2. The van der Waals surface area contributed by atoms with Crippen LogP contribution in [-0.4, -0.2) is 48.6 Å². The van der Waals surface area contributed by atoms with Crippen molar-refractivity contribution < 1.29 is 0 Å². The monoisotopic (exact) mass is 570 g/mol. The van der Waals surface area contributed by atoms with Crippen molar-refractivity contribution in [2.45, 2.75) is 0 Å². The first-order valence-corrected chi connectivity index (χ1v) is 15.1. The van der Waals surface area contributed by atoms with Crippen molar-refractivity contribution in [1.29, 1.82) is 0 Å². The summed E-state index contributed by atoms with van der Waals surface area (Å²) in [5, 5.41) is 7.90. The highest BCUT2D eigenvalue weighted by Crippen LogP contribution is 2.40. The lowest BCUT2D eigenvalue weighted by molar-refractivity contribution is 1.32. The van der Waals surface area contributed by atoms with Crippen LogP contribution in [-0.2, 0) is 0 Å². The highest BCUT2D eigenvalue weighted by molar-refractivity contribution is 6.68. The maximum absolute atomic E-state index is 6.51. The van der Waals surface area contributed by atoms with Crippen molar-refractivity contribution in [3.63, 3.8) is 0 Å². The zero-order valence-electron chi connectivity index (χ0n) is 24.8. The molecule has 0 aliphatic heterocycles. The third-order valence-corrected chi connectivity index (χ3v) is 9.45. The molecule has 0 amide bonds. The van der Waals surface area contributed by atoms with Gasteiger partial charge in [-0.2, -0.15) is 0 Å². The van der Waals surface area contributed by atoms with E-state index >= 15 is 0 Å².